The van der Waals surface area contributed by atoms with Crippen molar-refractivity contribution in [3.63, 3.8) is 0 Å². The van der Waals surface area contributed by atoms with Gasteiger partial charge in [0.05, 0.1) is 5.52 Å². The molecule has 0 amide bonds. The van der Waals surface area contributed by atoms with Gasteiger partial charge in [-0.1, -0.05) is 123 Å². The molecule has 0 saturated heterocycles. The van der Waals surface area contributed by atoms with Crippen LogP contribution >= 0.6 is 0 Å². The highest BCUT2D eigenvalue weighted by Gasteiger charge is 2.35. The third-order valence-corrected chi connectivity index (χ3v) is 10.4. The molecule has 9 aromatic rings. The highest BCUT2D eigenvalue weighted by atomic mass is 14.7. The number of H-pyrrole nitrogens is 1. The lowest BCUT2D eigenvalue weighted by molar-refractivity contribution is 0.660. The molecule has 0 spiro atoms. The van der Waals surface area contributed by atoms with Crippen molar-refractivity contribution in [2.75, 3.05) is 0 Å². The van der Waals surface area contributed by atoms with Crippen LogP contribution in [0.3, 0.4) is 0 Å². The van der Waals surface area contributed by atoms with E-state index in [4.69, 9.17) is 0 Å². The summed E-state index contributed by atoms with van der Waals surface area (Å²) in [5.41, 5.74) is 10.5. The van der Waals surface area contributed by atoms with E-state index < -0.39 is 0 Å². The minimum absolute atomic E-state index is 0.00669. The molecule has 0 aliphatic heterocycles. The third-order valence-electron chi connectivity index (χ3n) is 10.4. The van der Waals surface area contributed by atoms with Gasteiger partial charge in [-0.05, 0) is 95.3 Å². The Kier molecular flexibility index (Phi) is 4.58. The van der Waals surface area contributed by atoms with Crippen LogP contribution in [0, 0.1) is 0 Å². The molecule has 1 N–H and O–H groups in total. The Hall–Kier alpha value is -5.40. The normalized spacial score (nSPS) is 13.9. The number of rotatable bonds is 1. The van der Waals surface area contributed by atoms with Crippen molar-refractivity contribution in [1.29, 1.82) is 0 Å². The average Bonchev–Trinajstić information content (AvgIpc) is 3.54. The molecule has 206 valence electrons. The molecule has 0 fully saturated rings. The Morgan fingerprint density at radius 2 is 1.05 bits per heavy atom. The summed E-state index contributed by atoms with van der Waals surface area (Å²) in [6.45, 7) is 4.70. The molecule has 44 heavy (non-hydrogen) atoms. The highest BCUT2D eigenvalue weighted by molar-refractivity contribution is 6.33. The second kappa shape index (κ2) is 8.36. The van der Waals surface area contributed by atoms with Gasteiger partial charge in [0.2, 0.25) is 0 Å². The van der Waals surface area contributed by atoms with E-state index in [-0.39, 0.29) is 5.41 Å². The SMILES string of the molecule is CC1(C)c2ccccc2-c2ccc(-c3ccc4cc5[nH]c6c(ccc7c8ccccc8c8ccccc8c76)c5cc4c3)cc21. The fourth-order valence-electron chi connectivity index (χ4n) is 8.17. The molecule has 1 aliphatic rings. The Balaban J connectivity index is 1.19. The summed E-state index contributed by atoms with van der Waals surface area (Å²) in [6, 6.07) is 49.8. The number of hydrogen-bond acceptors (Lipinski definition) is 0. The zero-order chi connectivity index (χ0) is 29.2. The Morgan fingerprint density at radius 3 is 1.86 bits per heavy atom. The number of hydrogen-bond donors (Lipinski definition) is 1. The summed E-state index contributed by atoms with van der Waals surface area (Å²) in [6.07, 6.45) is 0. The Bertz CT molecular complexity index is 2650. The van der Waals surface area contributed by atoms with E-state index in [0.29, 0.717) is 0 Å². The van der Waals surface area contributed by atoms with Crippen LogP contribution in [0.1, 0.15) is 25.0 Å². The second-order valence-electron chi connectivity index (χ2n) is 13.0. The van der Waals surface area contributed by atoms with Crippen LogP contribution in [0.25, 0.3) is 87.1 Å². The number of fused-ring (bicyclic) bond motifs is 14. The van der Waals surface area contributed by atoms with Crippen LogP contribution in [-0.4, -0.2) is 4.98 Å². The van der Waals surface area contributed by atoms with E-state index in [1.165, 1.54) is 98.3 Å². The predicted octanol–water partition coefficient (Wildman–Crippen LogP) is 11.9. The van der Waals surface area contributed by atoms with Crippen molar-refractivity contribution >= 4 is 64.9 Å². The van der Waals surface area contributed by atoms with Gasteiger partial charge in [0.25, 0.3) is 0 Å². The van der Waals surface area contributed by atoms with Gasteiger partial charge in [-0.2, -0.15) is 0 Å². The van der Waals surface area contributed by atoms with Gasteiger partial charge in [0, 0.05) is 27.1 Å². The fourth-order valence-corrected chi connectivity index (χ4v) is 8.17. The summed E-state index contributed by atoms with van der Waals surface area (Å²) >= 11 is 0. The summed E-state index contributed by atoms with van der Waals surface area (Å²) in [7, 11) is 0. The molecule has 1 nitrogen and oxygen atoms in total. The van der Waals surface area contributed by atoms with E-state index in [0.717, 1.165) is 0 Å². The molecule has 0 bridgehead atoms. The van der Waals surface area contributed by atoms with Crippen molar-refractivity contribution < 1.29 is 0 Å². The van der Waals surface area contributed by atoms with Crippen LogP contribution in [0.5, 0.6) is 0 Å². The molecule has 0 unspecified atom stereocenters. The van der Waals surface area contributed by atoms with E-state index >= 15 is 0 Å². The summed E-state index contributed by atoms with van der Waals surface area (Å²) in [4.78, 5) is 3.86. The summed E-state index contributed by atoms with van der Waals surface area (Å²) in [5.74, 6) is 0. The fraction of sp³-hybridized carbons (Fsp3) is 0.0698. The molecule has 8 aromatic carbocycles. The summed E-state index contributed by atoms with van der Waals surface area (Å²) < 4.78 is 0. The number of aromatic amines is 1. The smallest absolute Gasteiger partial charge is 0.0551 e. The van der Waals surface area contributed by atoms with Gasteiger partial charge in [-0.3, -0.25) is 0 Å². The van der Waals surface area contributed by atoms with Crippen molar-refractivity contribution in [2.45, 2.75) is 19.3 Å². The lowest BCUT2D eigenvalue weighted by Crippen LogP contribution is -2.14. The molecule has 1 aromatic heterocycles. The summed E-state index contributed by atoms with van der Waals surface area (Å²) in [5, 5.41) is 12.9. The topological polar surface area (TPSA) is 15.8 Å². The van der Waals surface area contributed by atoms with Crippen LogP contribution in [-0.2, 0) is 5.41 Å². The molecule has 1 heteroatoms. The zero-order valence-electron chi connectivity index (χ0n) is 24.7. The van der Waals surface area contributed by atoms with Gasteiger partial charge in [-0.15, -0.1) is 0 Å². The van der Waals surface area contributed by atoms with Gasteiger partial charge in [-0.25, -0.2) is 0 Å². The molecular weight excluding hydrogens is 530 g/mol. The Labute approximate surface area is 255 Å². The van der Waals surface area contributed by atoms with Gasteiger partial charge < -0.3 is 4.98 Å². The quantitative estimate of drug-likeness (QED) is 0.193. The first-order valence-corrected chi connectivity index (χ1v) is 15.5. The monoisotopic (exact) mass is 559 g/mol. The molecular formula is C43H29N. The number of aromatic nitrogens is 1. The van der Waals surface area contributed by atoms with Crippen molar-refractivity contribution in [2.24, 2.45) is 0 Å². The molecule has 1 heterocycles. The first-order chi connectivity index (χ1) is 21.6. The lowest BCUT2D eigenvalue weighted by atomic mass is 9.81. The van der Waals surface area contributed by atoms with Crippen molar-refractivity contribution in [3.8, 4) is 22.3 Å². The minimum atomic E-state index is -0.00669. The van der Waals surface area contributed by atoms with E-state index in [2.05, 4.69) is 152 Å². The molecule has 0 atom stereocenters. The van der Waals surface area contributed by atoms with Crippen LogP contribution < -0.4 is 0 Å². The maximum Gasteiger partial charge on any atom is 0.0551 e. The van der Waals surface area contributed by atoms with Gasteiger partial charge in [0.1, 0.15) is 0 Å². The largest absolute Gasteiger partial charge is 0.354 e. The standard InChI is InChI=1S/C43H29N/c1-43(2)38-14-8-7-12-32(38)33-18-17-26(23-39(33)43)25-15-16-27-24-40-37(22-28(27)21-25)36-20-19-35-31-11-4-3-9-29(31)30-10-5-6-13-34(30)41(35)42(36)44-40/h3-24,44H,1-2H3. The van der Waals surface area contributed by atoms with Crippen LogP contribution in [0.4, 0.5) is 0 Å². The van der Waals surface area contributed by atoms with Crippen LogP contribution in [0.2, 0.25) is 0 Å². The average molecular weight is 560 g/mol. The van der Waals surface area contributed by atoms with Crippen LogP contribution in [0.15, 0.2) is 133 Å². The molecule has 10 rings (SSSR count). The van der Waals surface area contributed by atoms with Crippen molar-refractivity contribution in [3.05, 3.63) is 145 Å². The molecule has 0 saturated carbocycles. The van der Waals surface area contributed by atoms with Crippen molar-refractivity contribution in [1.82, 2.24) is 4.98 Å². The number of nitrogens with one attached hydrogen (secondary N) is 1. The lowest BCUT2D eigenvalue weighted by Gasteiger charge is -2.22. The Morgan fingerprint density at radius 1 is 0.432 bits per heavy atom. The van der Waals surface area contributed by atoms with E-state index in [1.807, 2.05) is 0 Å². The molecule has 1 aliphatic carbocycles. The zero-order valence-corrected chi connectivity index (χ0v) is 24.7. The maximum absolute atomic E-state index is 3.86. The predicted molar refractivity (Wildman–Crippen MR) is 189 cm³/mol. The third kappa shape index (κ3) is 3.09. The van der Waals surface area contributed by atoms with E-state index in [9.17, 15) is 0 Å². The first kappa shape index (κ1) is 24.1. The molecule has 0 radical (unpaired) electrons. The second-order valence-corrected chi connectivity index (χ2v) is 13.0. The highest BCUT2D eigenvalue weighted by Crippen LogP contribution is 2.49. The number of benzene rings is 8. The maximum atomic E-state index is 3.86. The van der Waals surface area contributed by atoms with E-state index in [1.54, 1.807) is 0 Å². The van der Waals surface area contributed by atoms with Gasteiger partial charge in [0.15, 0.2) is 0 Å². The minimum Gasteiger partial charge on any atom is -0.354 e. The first-order valence-electron chi connectivity index (χ1n) is 15.5. The van der Waals surface area contributed by atoms with Gasteiger partial charge >= 0.3 is 0 Å².